The number of carbonyl (C=O) groups excluding carboxylic acids is 1. The number of benzene rings is 1. The maximum absolute atomic E-state index is 13.5. The molecule has 1 aliphatic rings. The van der Waals surface area contributed by atoms with Crippen LogP contribution in [0, 0.1) is 0 Å². The fourth-order valence-corrected chi connectivity index (χ4v) is 5.92. The van der Waals surface area contributed by atoms with Crippen LogP contribution < -0.4 is 10.1 Å². The van der Waals surface area contributed by atoms with Crippen molar-refractivity contribution in [2.45, 2.75) is 51.1 Å². The lowest BCUT2D eigenvalue weighted by Gasteiger charge is -2.46. The van der Waals surface area contributed by atoms with Gasteiger partial charge in [0.05, 0.1) is 28.0 Å². The van der Waals surface area contributed by atoms with Gasteiger partial charge >= 0.3 is 0 Å². The van der Waals surface area contributed by atoms with Crippen molar-refractivity contribution in [1.82, 2.24) is 29.6 Å². The zero-order valence-electron chi connectivity index (χ0n) is 23.6. The largest absolute Gasteiger partial charge is 0.462 e. The van der Waals surface area contributed by atoms with E-state index in [0.29, 0.717) is 52.2 Å². The number of aromatic nitrogens is 5. The molecule has 1 aliphatic heterocycles. The molecular formula is C28H33Cl2N7O3Si. The van der Waals surface area contributed by atoms with Crippen molar-refractivity contribution >= 4 is 54.3 Å². The van der Waals surface area contributed by atoms with Crippen molar-refractivity contribution in [2.24, 2.45) is 0 Å². The number of fused-ring (bicyclic) bond motifs is 1. The second kappa shape index (κ2) is 11.7. The number of anilines is 1. The molecule has 10 nitrogen and oxygen atoms in total. The predicted octanol–water partition coefficient (Wildman–Crippen LogP) is 5.61. The third-order valence-corrected chi connectivity index (χ3v) is 12.6. The maximum Gasteiger partial charge on any atom is 0.268 e. The first-order valence-corrected chi connectivity index (χ1v) is 17.0. The normalized spacial score (nSPS) is 15.5. The molecule has 0 aliphatic carbocycles. The third kappa shape index (κ3) is 6.54. The Balaban J connectivity index is 1.36. The van der Waals surface area contributed by atoms with Crippen LogP contribution in [0.4, 0.5) is 5.82 Å². The van der Waals surface area contributed by atoms with Gasteiger partial charge in [0.15, 0.2) is 20.1 Å². The standard InChI is InChI=1S/C28H33Cl2N7O3Si/c1-28(2,3)41(4,5)40-19-14-36(15-19)16-23(26(38)35-24-11-10-18(29)12-31-24)39-27-20-13-34-37(25(20)32-17-33-27)22-9-7-6-8-21(22)30/h6-13,17,19,23H,14-16H2,1-5H3,(H,31,35,38)/t23-/m0/s1. The number of hydrogen-bond donors (Lipinski definition) is 1. The SMILES string of the molecule is CC(C)(C)[Si](C)(C)OC1CN(C[C@H](Oc2ncnc3c2cnn3-c2ccccc2Cl)C(=O)Nc2ccc(Cl)cn2)C1. The number of halogens is 2. The minimum absolute atomic E-state index is 0.122. The highest BCUT2D eigenvalue weighted by Gasteiger charge is 2.42. The lowest BCUT2D eigenvalue weighted by atomic mass is 10.1. The quantitative estimate of drug-likeness (QED) is 0.243. The van der Waals surface area contributed by atoms with Gasteiger partial charge in [0, 0.05) is 25.8 Å². The monoisotopic (exact) mass is 613 g/mol. The van der Waals surface area contributed by atoms with Crippen molar-refractivity contribution in [2.75, 3.05) is 25.0 Å². The second-order valence-electron chi connectivity index (χ2n) is 11.6. The van der Waals surface area contributed by atoms with Crippen LogP contribution in [-0.4, -0.2) is 75.7 Å². The third-order valence-electron chi connectivity index (χ3n) is 7.55. The van der Waals surface area contributed by atoms with Crippen LogP contribution in [0.25, 0.3) is 16.7 Å². The smallest absolute Gasteiger partial charge is 0.268 e. The van der Waals surface area contributed by atoms with E-state index < -0.39 is 14.4 Å². The topological polar surface area (TPSA) is 107 Å². The summed E-state index contributed by atoms with van der Waals surface area (Å²) >= 11 is 12.4. The van der Waals surface area contributed by atoms with Gasteiger partial charge in [0.25, 0.3) is 5.91 Å². The van der Waals surface area contributed by atoms with Gasteiger partial charge in [0.2, 0.25) is 5.88 Å². The van der Waals surface area contributed by atoms with Crippen LogP contribution >= 0.6 is 23.2 Å². The molecule has 1 amide bonds. The van der Waals surface area contributed by atoms with Gasteiger partial charge in [-0.1, -0.05) is 56.1 Å². The Labute approximate surface area is 250 Å². The molecule has 13 heteroatoms. The molecular weight excluding hydrogens is 581 g/mol. The molecule has 1 atom stereocenters. The van der Waals surface area contributed by atoms with E-state index in [4.69, 9.17) is 32.4 Å². The molecule has 3 aromatic heterocycles. The summed E-state index contributed by atoms with van der Waals surface area (Å²) < 4.78 is 14.4. The summed E-state index contributed by atoms with van der Waals surface area (Å²) in [6.07, 6.45) is 3.69. The van der Waals surface area contributed by atoms with E-state index in [-0.39, 0.29) is 22.9 Å². The molecule has 0 radical (unpaired) electrons. The van der Waals surface area contributed by atoms with Crippen LogP contribution in [0.15, 0.2) is 55.1 Å². The van der Waals surface area contributed by atoms with Crippen molar-refractivity contribution in [3.05, 3.63) is 65.2 Å². The number of likely N-dealkylation sites (tertiary alicyclic amines) is 1. The zero-order valence-corrected chi connectivity index (χ0v) is 26.1. The summed E-state index contributed by atoms with van der Waals surface area (Å²) in [5, 5.41) is 8.98. The molecule has 0 spiro atoms. The highest BCUT2D eigenvalue weighted by atomic mass is 35.5. The molecule has 5 rings (SSSR count). The number of para-hydroxylation sites is 1. The number of amides is 1. The summed E-state index contributed by atoms with van der Waals surface area (Å²) in [4.78, 5) is 28.6. The summed E-state index contributed by atoms with van der Waals surface area (Å²) in [6.45, 7) is 12.9. The molecule has 216 valence electrons. The highest BCUT2D eigenvalue weighted by Crippen LogP contribution is 2.38. The van der Waals surface area contributed by atoms with E-state index in [9.17, 15) is 4.79 Å². The average molecular weight is 615 g/mol. The molecule has 4 aromatic rings. The van der Waals surface area contributed by atoms with Crippen LogP contribution in [0.3, 0.4) is 0 Å². The molecule has 1 aromatic carbocycles. The first kappa shape index (κ1) is 29.4. The van der Waals surface area contributed by atoms with E-state index >= 15 is 0 Å². The summed E-state index contributed by atoms with van der Waals surface area (Å²) in [5.41, 5.74) is 1.18. The lowest BCUT2D eigenvalue weighted by molar-refractivity contribution is -0.125. The number of carbonyl (C=O) groups is 1. The van der Waals surface area contributed by atoms with E-state index in [0.717, 1.165) is 0 Å². The Morgan fingerprint density at radius 3 is 2.54 bits per heavy atom. The van der Waals surface area contributed by atoms with Crippen LogP contribution in [0.2, 0.25) is 28.2 Å². The Morgan fingerprint density at radius 1 is 1.10 bits per heavy atom. The molecule has 1 fully saturated rings. The molecule has 1 saturated heterocycles. The Hall–Kier alpha value is -3.09. The number of ether oxygens (including phenoxy) is 1. The van der Waals surface area contributed by atoms with Crippen molar-refractivity contribution in [3.8, 4) is 11.6 Å². The second-order valence-corrected chi connectivity index (χ2v) is 17.2. The zero-order chi connectivity index (χ0) is 29.4. The van der Waals surface area contributed by atoms with Crippen molar-refractivity contribution < 1.29 is 14.0 Å². The van der Waals surface area contributed by atoms with Crippen molar-refractivity contribution in [1.29, 1.82) is 0 Å². The van der Waals surface area contributed by atoms with E-state index in [1.807, 2.05) is 18.2 Å². The minimum atomic E-state index is -1.90. The van der Waals surface area contributed by atoms with Gasteiger partial charge in [-0.05, 0) is 42.4 Å². The predicted molar refractivity (Wildman–Crippen MR) is 162 cm³/mol. The van der Waals surface area contributed by atoms with E-state index in [1.54, 1.807) is 29.1 Å². The van der Waals surface area contributed by atoms with Crippen LogP contribution in [-0.2, 0) is 9.22 Å². The Kier molecular flexibility index (Phi) is 8.35. The fourth-order valence-electron chi connectivity index (χ4n) is 4.26. The number of pyridine rings is 1. The summed E-state index contributed by atoms with van der Waals surface area (Å²) in [7, 11) is -1.90. The fraction of sp³-hybridized carbons (Fsp3) is 0.393. The first-order valence-electron chi connectivity index (χ1n) is 13.3. The lowest BCUT2D eigenvalue weighted by Crippen LogP contribution is -2.60. The van der Waals surface area contributed by atoms with Gasteiger partial charge in [-0.25, -0.2) is 19.6 Å². The van der Waals surface area contributed by atoms with E-state index in [1.165, 1.54) is 12.5 Å². The molecule has 0 unspecified atom stereocenters. The highest BCUT2D eigenvalue weighted by molar-refractivity contribution is 6.74. The molecule has 0 saturated carbocycles. The maximum atomic E-state index is 13.5. The van der Waals surface area contributed by atoms with E-state index in [2.05, 4.69) is 64.1 Å². The molecule has 41 heavy (non-hydrogen) atoms. The number of nitrogens with one attached hydrogen (secondary N) is 1. The number of nitrogens with zero attached hydrogens (tertiary/aromatic N) is 6. The van der Waals surface area contributed by atoms with Crippen LogP contribution in [0.5, 0.6) is 5.88 Å². The van der Waals surface area contributed by atoms with Gasteiger partial charge in [-0.3, -0.25) is 9.69 Å². The van der Waals surface area contributed by atoms with Crippen molar-refractivity contribution in [3.63, 3.8) is 0 Å². The number of hydrogen-bond acceptors (Lipinski definition) is 8. The number of rotatable bonds is 9. The first-order chi connectivity index (χ1) is 19.4. The average Bonchev–Trinajstić information content (AvgIpc) is 3.32. The minimum Gasteiger partial charge on any atom is -0.462 e. The van der Waals surface area contributed by atoms with Gasteiger partial charge in [0.1, 0.15) is 17.5 Å². The summed E-state index contributed by atoms with van der Waals surface area (Å²) in [6, 6.07) is 10.6. The van der Waals surface area contributed by atoms with Gasteiger partial charge in [-0.2, -0.15) is 5.10 Å². The molecule has 1 N–H and O–H groups in total. The van der Waals surface area contributed by atoms with Gasteiger partial charge in [-0.15, -0.1) is 0 Å². The van der Waals surface area contributed by atoms with Gasteiger partial charge < -0.3 is 14.5 Å². The Morgan fingerprint density at radius 2 is 1.85 bits per heavy atom. The van der Waals surface area contributed by atoms with Crippen LogP contribution in [0.1, 0.15) is 20.8 Å². The molecule has 0 bridgehead atoms. The Bertz CT molecular complexity index is 1540. The molecule has 4 heterocycles. The summed E-state index contributed by atoms with van der Waals surface area (Å²) in [5.74, 6) is 0.251.